The number of nitrogens with one attached hydrogen (secondary N) is 1. The molecular formula is C23H28F4N4. The Balaban J connectivity index is 1.46. The molecule has 168 valence electrons. The fourth-order valence-corrected chi connectivity index (χ4v) is 4.22. The van der Waals surface area contributed by atoms with Gasteiger partial charge in [-0.25, -0.2) is 9.97 Å². The Morgan fingerprint density at radius 2 is 1.68 bits per heavy atom. The van der Waals surface area contributed by atoms with Gasteiger partial charge in [0, 0.05) is 19.1 Å². The van der Waals surface area contributed by atoms with Crippen molar-refractivity contribution >= 4 is 11.6 Å². The van der Waals surface area contributed by atoms with E-state index in [0.717, 1.165) is 43.7 Å². The minimum absolute atomic E-state index is 0.138. The molecule has 1 heterocycles. The van der Waals surface area contributed by atoms with Gasteiger partial charge in [-0.05, 0) is 55.2 Å². The van der Waals surface area contributed by atoms with Crippen molar-refractivity contribution in [3.05, 3.63) is 47.5 Å². The van der Waals surface area contributed by atoms with Crippen molar-refractivity contribution in [1.29, 1.82) is 0 Å². The molecule has 31 heavy (non-hydrogen) atoms. The summed E-state index contributed by atoms with van der Waals surface area (Å²) in [6, 6.07) is 5.16. The molecule has 0 aliphatic heterocycles. The highest BCUT2D eigenvalue weighted by Crippen LogP contribution is 2.36. The molecular weight excluding hydrogens is 408 g/mol. The summed E-state index contributed by atoms with van der Waals surface area (Å²) < 4.78 is 53.7. The standard InChI is InChI=1S/C23H28F4N4/c1-15-2-4-16(5-3-15)12-28-21-20(24)22(30-14-29-21)31(19-10-11-19)13-17-6-8-18(9-7-17)23(25,26)27/h6-9,14-16,19H,2-5,10-13H2,1H3,(H,28,29,30). The normalized spacial score (nSPS) is 21.7. The van der Waals surface area contributed by atoms with E-state index in [4.69, 9.17) is 0 Å². The van der Waals surface area contributed by atoms with Crippen molar-refractivity contribution in [2.75, 3.05) is 16.8 Å². The predicted molar refractivity (Wildman–Crippen MR) is 112 cm³/mol. The zero-order valence-corrected chi connectivity index (χ0v) is 17.6. The van der Waals surface area contributed by atoms with Crippen molar-refractivity contribution in [3.8, 4) is 0 Å². The molecule has 0 atom stereocenters. The lowest BCUT2D eigenvalue weighted by molar-refractivity contribution is -0.137. The van der Waals surface area contributed by atoms with E-state index in [0.29, 0.717) is 24.6 Å². The second-order valence-electron chi connectivity index (χ2n) is 8.92. The van der Waals surface area contributed by atoms with E-state index in [1.54, 1.807) is 0 Å². The topological polar surface area (TPSA) is 41.1 Å². The first-order valence-electron chi connectivity index (χ1n) is 11.0. The van der Waals surface area contributed by atoms with Crippen molar-refractivity contribution in [3.63, 3.8) is 0 Å². The van der Waals surface area contributed by atoms with Gasteiger partial charge in [-0.3, -0.25) is 0 Å². The SMILES string of the molecule is CC1CCC(CNc2ncnc(N(Cc3ccc(C(F)(F)F)cc3)C3CC3)c2F)CC1. The van der Waals surface area contributed by atoms with E-state index in [-0.39, 0.29) is 17.7 Å². The fraction of sp³-hybridized carbons (Fsp3) is 0.565. The van der Waals surface area contributed by atoms with Crippen LogP contribution in [-0.2, 0) is 12.7 Å². The molecule has 2 fully saturated rings. The third-order valence-electron chi connectivity index (χ3n) is 6.36. The summed E-state index contributed by atoms with van der Waals surface area (Å²) in [4.78, 5) is 10.1. The van der Waals surface area contributed by atoms with Crippen LogP contribution in [0.5, 0.6) is 0 Å². The molecule has 4 rings (SSSR count). The summed E-state index contributed by atoms with van der Waals surface area (Å²) in [5.74, 6) is 1.18. The molecule has 0 bridgehead atoms. The smallest absolute Gasteiger partial charge is 0.367 e. The maximum atomic E-state index is 15.3. The number of aromatic nitrogens is 2. The van der Waals surface area contributed by atoms with E-state index >= 15 is 4.39 Å². The van der Waals surface area contributed by atoms with Gasteiger partial charge in [0.1, 0.15) is 6.33 Å². The van der Waals surface area contributed by atoms with Crippen LogP contribution in [0.3, 0.4) is 0 Å². The number of alkyl halides is 3. The second kappa shape index (κ2) is 9.01. The molecule has 2 aliphatic rings. The van der Waals surface area contributed by atoms with E-state index in [2.05, 4.69) is 22.2 Å². The summed E-state index contributed by atoms with van der Waals surface area (Å²) in [6.45, 7) is 3.25. The minimum atomic E-state index is -4.37. The van der Waals surface area contributed by atoms with Gasteiger partial charge < -0.3 is 10.2 Å². The molecule has 0 spiro atoms. The average Bonchev–Trinajstić information content (AvgIpc) is 3.58. The van der Waals surface area contributed by atoms with Crippen molar-refractivity contribution < 1.29 is 17.6 Å². The summed E-state index contributed by atoms with van der Waals surface area (Å²) in [5, 5.41) is 3.16. The van der Waals surface area contributed by atoms with Crippen LogP contribution in [0, 0.1) is 17.7 Å². The Hall–Kier alpha value is -2.38. The average molecular weight is 436 g/mol. The first kappa shape index (κ1) is 21.8. The molecule has 0 unspecified atom stereocenters. The zero-order valence-electron chi connectivity index (χ0n) is 17.6. The molecule has 1 aromatic carbocycles. The molecule has 0 saturated heterocycles. The lowest BCUT2D eigenvalue weighted by Crippen LogP contribution is -2.28. The van der Waals surface area contributed by atoms with Crippen molar-refractivity contribution in [2.24, 2.45) is 11.8 Å². The maximum absolute atomic E-state index is 15.3. The largest absolute Gasteiger partial charge is 0.416 e. The van der Waals surface area contributed by atoms with Crippen molar-refractivity contribution in [1.82, 2.24) is 9.97 Å². The minimum Gasteiger partial charge on any atom is -0.367 e. The third kappa shape index (κ3) is 5.46. The third-order valence-corrected chi connectivity index (χ3v) is 6.36. The highest BCUT2D eigenvalue weighted by atomic mass is 19.4. The predicted octanol–water partition coefficient (Wildman–Crippen LogP) is 6.04. The monoisotopic (exact) mass is 436 g/mol. The summed E-state index contributed by atoms with van der Waals surface area (Å²) in [7, 11) is 0. The Morgan fingerprint density at radius 3 is 2.29 bits per heavy atom. The number of nitrogens with zero attached hydrogens (tertiary/aromatic N) is 3. The van der Waals surface area contributed by atoms with Crippen LogP contribution in [0.2, 0.25) is 0 Å². The molecule has 2 aromatic rings. The van der Waals surface area contributed by atoms with Crippen LogP contribution in [0.4, 0.5) is 29.2 Å². The van der Waals surface area contributed by atoms with Crippen LogP contribution in [0.25, 0.3) is 0 Å². The summed E-state index contributed by atoms with van der Waals surface area (Å²) in [6.07, 6.45) is 3.47. The first-order chi connectivity index (χ1) is 14.8. The van der Waals surface area contributed by atoms with Crippen LogP contribution in [0.15, 0.2) is 30.6 Å². The maximum Gasteiger partial charge on any atom is 0.416 e. The van der Waals surface area contributed by atoms with Gasteiger partial charge >= 0.3 is 6.18 Å². The molecule has 2 aliphatic carbocycles. The number of benzene rings is 1. The van der Waals surface area contributed by atoms with E-state index in [9.17, 15) is 13.2 Å². The number of rotatable bonds is 7. The molecule has 8 heteroatoms. The van der Waals surface area contributed by atoms with Crippen LogP contribution in [-0.4, -0.2) is 22.6 Å². The van der Waals surface area contributed by atoms with Gasteiger partial charge in [-0.2, -0.15) is 17.6 Å². The molecule has 1 aromatic heterocycles. The highest BCUT2D eigenvalue weighted by molar-refractivity contribution is 5.52. The van der Waals surface area contributed by atoms with Gasteiger partial charge in [-0.15, -0.1) is 0 Å². The van der Waals surface area contributed by atoms with Gasteiger partial charge in [-0.1, -0.05) is 31.9 Å². The second-order valence-corrected chi connectivity index (χ2v) is 8.92. The van der Waals surface area contributed by atoms with Crippen LogP contribution < -0.4 is 10.2 Å². The first-order valence-corrected chi connectivity index (χ1v) is 11.0. The van der Waals surface area contributed by atoms with Gasteiger partial charge in [0.25, 0.3) is 0 Å². The molecule has 1 N–H and O–H groups in total. The van der Waals surface area contributed by atoms with Gasteiger partial charge in [0.15, 0.2) is 11.6 Å². The number of halogens is 4. The number of hydrogen-bond donors (Lipinski definition) is 1. The highest BCUT2D eigenvalue weighted by Gasteiger charge is 2.33. The fourth-order valence-electron chi connectivity index (χ4n) is 4.22. The van der Waals surface area contributed by atoms with Crippen LogP contribution in [0.1, 0.15) is 56.6 Å². The van der Waals surface area contributed by atoms with Gasteiger partial charge in [0.05, 0.1) is 5.56 Å². The Kier molecular flexibility index (Phi) is 6.34. The molecule has 4 nitrogen and oxygen atoms in total. The summed E-state index contributed by atoms with van der Waals surface area (Å²) >= 11 is 0. The van der Waals surface area contributed by atoms with E-state index in [1.807, 2.05) is 4.90 Å². The number of hydrogen-bond acceptors (Lipinski definition) is 4. The molecule has 2 saturated carbocycles. The molecule has 0 radical (unpaired) electrons. The Morgan fingerprint density at radius 1 is 1.00 bits per heavy atom. The van der Waals surface area contributed by atoms with E-state index < -0.39 is 17.6 Å². The summed E-state index contributed by atoms with van der Waals surface area (Å²) in [5.41, 5.74) is -0.00484. The lowest BCUT2D eigenvalue weighted by atomic mass is 9.83. The van der Waals surface area contributed by atoms with Gasteiger partial charge in [0.2, 0.25) is 5.82 Å². The van der Waals surface area contributed by atoms with E-state index in [1.165, 1.54) is 31.3 Å². The number of anilines is 2. The molecule has 0 amide bonds. The lowest BCUT2D eigenvalue weighted by Gasteiger charge is -2.27. The Labute approximate surface area is 180 Å². The zero-order chi connectivity index (χ0) is 22.0. The quantitative estimate of drug-likeness (QED) is 0.537. The van der Waals surface area contributed by atoms with Crippen LogP contribution >= 0.6 is 0 Å². The Bertz CT molecular complexity index is 872. The van der Waals surface area contributed by atoms with Crippen molar-refractivity contribution in [2.45, 2.75) is 64.2 Å².